The van der Waals surface area contributed by atoms with Crippen LogP contribution in [0.4, 0.5) is 10.7 Å². The lowest BCUT2D eigenvalue weighted by Crippen LogP contribution is -2.24. The van der Waals surface area contributed by atoms with Crippen LogP contribution in [0.1, 0.15) is 47.8 Å². The highest BCUT2D eigenvalue weighted by Gasteiger charge is 2.24. The minimum absolute atomic E-state index is 0.107. The molecule has 5 nitrogen and oxygen atoms in total. The fourth-order valence-electron chi connectivity index (χ4n) is 4.09. The van der Waals surface area contributed by atoms with Gasteiger partial charge in [-0.1, -0.05) is 36.7 Å². The molecule has 1 aliphatic rings. The molecule has 0 bridgehead atoms. The number of aryl methyl sites for hydroxylation is 1. The number of carbonyl (C=O) groups is 2. The highest BCUT2D eigenvalue weighted by molar-refractivity contribution is 8.00. The van der Waals surface area contributed by atoms with E-state index in [0.717, 1.165) is 41.7 Å². The summed E-state index contributed by atoms with van der Waals surface area (Å²) in [6.07, 6.45) is 4.99. The van der Waals surface area contributed by atoms with Gasteiger partial charge in [0, 0.05) is 20.5 Å². The van der Waals surface area contributed by atoms with Gasteiger partial charge in [-0.3, -0.25) is 9.59 Å². The number of fused-ring (bicyclic) bond motifs is 1. The topological polar surface area (TPSA) is 82.0 Å². The molecule has 180 valence electrons. The summed E-state index contributed by atoms with van der Waals surface area (Å²) in [4.78, 5) is 27.7. The van der Waals surface area contributed by atoms with Gasteiger partial charge in [-0.2, -0.15) is 5.26 Å². The number of anilines is 2. The van der Waals surface area contributed by atoms with E-state index in [4.69, 9.17) is 11.6 Å². The van der Waals surface area contributed by atoms with E-state index in [1.807, 2.05) is 43.3 Å². The maximum absolute atomic E-state index is 13.1. The van der Waals surface area contributed by atoms with E-state index < -0.39 is 0 Å². The average Bonchev–Trinajstić information content (AvgIpc) is 3.21. The summed E-state index contributed by atoms with van der Waals surface area (Å²) in [5.74, 6) is -0.227. The number of hydrogen-bond donors (Lipinski definition) is 2. The SMILES string of the molecule is CCC(Sc1cccc(NC(=O)Cc2ccc(Cl)cc2)c1)C(=O)Nc1sc2c(c1C#N)CCCC2. The van der Waals surface area contributed by atoms with Crippen LogP contribution in [-0.4, -0.2) is 17.1 Å². The van der Waals surface area contributed by atoms with Crippen LogP contribution in [0.5, 0.6) is 0 Å². The van der Waals surface area contributed by atoms with E-state index in [1.165, 1.54) is 16.6 Å². The van der Waals surface area contributed by atoms with Crippen LogP contribution in [0.2, 0.25) is 5.02 Å². The van der Waals surface area contributed by atoms with Gasteiger partial charge in [-0.05, 0) is 73.6 Å². The van der Waals surface area contributed by atoms with Crippen molar-refractivity contribution in [2.75, 3.05) is 10.6 Å². The van der Waals surface area contributed by atoms with E-state index in [-0.39, 0.29) is 23.5 Å². The second kappa shape index (κ2) is 11.8. The van der Waals surface area contributed by atoms with Crippen molar-refractivity contribution < 1.29 is 9.59 Å². The highest BCUT2D eigenvalue weighted by Crippen LogP contribution is 2.38. The number of thiophene rings is 1. The summed E-state index contributed by atoms with van der Waals surface area (Å²) < 4.78 is 0. The molecule has 0 aliphatic heterocycles. The van der Waals surface area contributed by atoms with Gasteiger partial charge >= 0.3 is 0 Å². The van der Waals surface area contributed by atoms with Crippen LogP contribution in [0, 0.1) is 11.3 Å². The summed E-state index contributed by atoms with van der Waals surface area (Å²) in [6.45, 7) is 1.97. The van der Waals surface area contributed by atoms with E-state index in [2.05, 4.69) is 16.7 Å². The molecule has 35 heavy (non-hydrogen) atoms. The van der Waals surface area contributed by atoms with Crippen molar-refractivity contribution in [3.8, 4) is 6.07 Å². The summed E-state index contributed by atoms with van der Waals surface area (Å²) in [7, 11) is 0. The molecule has 1 aromatic heterocycles. The third kappa shape index (κ3) is 6.46. The molecule has 1 unspecified atom stereocenters. The number of rotatable bonds is 8. The molecule has 0 saturated heterocycles. The molecule has 0 fully saturated rings. The first-order valence-electron chi connectivity index (χ1n) is 11.6. The van der Waals surface area contributed by atoms with Gasteiger partial charge in [0.1, 0.15) is 11.1 Å². The molecule has 0 spiro atoms. The maximum atomic E-state index is 13.1. The number of hydrogen-bond acceptors (Lipinski definition) is 5. The summed E-state index contributed by atoms with van der Waals surface area (Å²) >= 11 is 8.91. The first-order valence-corrected chi connectivity index (χ1v) is 13.7. The number of nitrogens with one attached hydrogen (secondary N) is 2. The molecule has 2 N–H and O–H groups in total. The molecule has 8 heteroatoms. The Morgan fingerprint density at radius 3 is 2.66 bits per heavy atom. The first kappa shape index (κ1) is 25.3. The summed E-state index contributed by atoms with van der Waals surface area (Å²) in [5, 5.41) is 16.6. The zero-order chi connectivity index (χ0) is 24.8. The van der Waals surface area contributed by atoms with Crippen LogP contribution in [0.3, 0.4) is 0 Å². The van der Waals surface area contributed by atoms with Crippen LogP contribution in [0.15, 0.2) is 53.4 Å². The lowest BCUT2D eigenvalue weighted by Gasteiger charge is -2.15. The predicted molar refractivity (Wildman–Crippen MR) is 144 cm³/mol. The van der Waals surface area contributed by atoms with Gasteiger partial charge in [0.25, 0.3) is 0 Å². The van der Waals surface area contributed by atoms with Gasteiger partial charge in [0.05, 0.1) is 17.2 Å². The van der Waals surface area contributed by atoms with Gasteiger partial charge in [-0.25, -0.2) is 0 Å². The van der Waals surface area contributed by atoms with Gasteiger partial charge in [-0.15, -0.1) is 23.1 Å². The Bertz CT molecular complexity index is 1260. The maximum Gasteiger partial charge on any atom is 0.238 e. The lowest BCUT2D eigenvalue weighted by molar-refractivity contribution is -0.116. The zero-order valence-electron chi connectivity index (χ0n) is 19.4. The third-order valence-electron chi connectivity index (χ3n) is 5.86. The Morgan fingerprint density at radius 1 is 1.14 bits per heavy atom. The van der Waals surface area contributed by atoms with Crippen LogP contribution in [0.25, 0.3) is 0 Å². The Morgan fingerprint density at radius 2 is 1.91 bits per heavy atom. The lowest BCUT2D eigenvalue weighted by atomic mass is 9.96. The Labute approximate surface area is 218 Å². The van der Waals surface area contributed by atoms with Crippen molar-refractivity contribution in [3.05, 3.63) is 75.1 Å². The van der Waals surface area contributed by atoms with Gasteiger partial charge in [0.2, 0.25) is 11.8 Å². The molecular weight excluding hydrogens is 498 g/mol. The van der Waals surface area contributed by atoms with Gasteiger partial charge < -0.3 is 10.6 Å². The number of thioether (sulfide) groups is 1. The number of nitrogens with zero attached hydrogens (tertiary/aromatic N) is 1. The molecular formula is C27H26ClN3O2S2. The average molecular weight is 524 g/mol. The highest BCUT2D eigenvalue weighted by atomic mass is 35.5. The van der Waals surface area contributed by atoms with Crippen molar-refractivity contribution in [1.29, 1.82) is 5.26 Å². The minimum Gasteiger partial charge on any atom is -0.326 e. The number of nitriles is 1. The second-order valence-electron chi connectivity index (χ2n) is 8.41. The quantitative estimate of drug-likeness (QED) is 0.316. The number of halogens is 1. The molecule has 1 heterocycles. The molecule has 1 atom stereocenters. The zero-order valence-corrected chi connectivity index (χ0v) is 21.8. The minimum atomic E-state index is -0.319. The number of carbonyl (C=O) groups excluding carboxylic acids is 2. The van der Waals surface area contributed by atoms with Crippen molar-refractivity contribution in [2.45, 2.75) is 55.6 Å². The Kier molecular flexibility index (Phi) is 8.50. The standard InChI is InChI=1S/C27H26ClN3O2S2/c1-2-23(26(33)31-27-22(16-29)21-8-3-4-9-24(21)35-27)34-20-7-5-6-19(15-20)30-25(32)14-17-10-12-18(28)13-11-17/h5-7,10-13,15,23H,2-4,8-9,14H2,1H3,(H,30,32)(H,31,33). The number of amides is 2. The van der Waals surface area contributed by atoms with Crippen molar-refractivity contribution in [1.82, 2.24) is 0 Å². The smallest absolute Gasteiger partial charge is 0.238 e. The van der Waals surface area contributed by atoms with E-state index in [0.29, 0.717) is 27.7 Å². The van der Waals surface area contributed by atoms with E-state index >= 15 is 0 Å². The molecule has 0 radical (unpaired) electrons. The molecule has 4 rings (SSSR count). The number of benzene rings is 2. The van der Waals surface area contributed by atoms with Gasteiger partial charge in [0.15, 0.2) is 0 Å². The van der Waals surface area contributed by atoms with Crippen molar-refractivity contribution in [2.24, 2.45) is 0 Å². The fraction of sp³-hybridized carbons (Fsp3) is 0.296. The molecule has 2 amide bonds. The summed E-state index contributed by atoms with van der Waals surface area (Å²) in [6, 6.07) is 17.0. The van der Waals surface area contributed by atoms with Crippen molar-refractivity contribution in [3.63, 3.8) is 0 Å². The normalized spacial score (nSPS) is 13.4. The van der Waals surface area contributed by atoms with Crippen LogP contribution < -0.4 is 10.6 Å². The fourth-order valence-corrected chi connectivity index (χ4v) is 6.47. The molecule has 2 aromatic carbocycles. The largest absolute Gasteiger partial charge is 0.326 e. The molecule has 3 aromatic rings. The van der Waals surface area contributed by atoms with E-state index in [9.17, 15) is 14.9 Å². The molecule has 1 aliphatic carbocycles. The van der Waals surface area contributed by atoms with Crippen LogP contribution >= 0.6 is 34.7 Å². The van der Waals surface area contributed by atoms with Crippen molar-refractivity contribution >= 4 is 57.2 Å². The van der Waals surface area contributed by atoms with Crippen LogP contribution in [-0.2, 0) is 28.9 Å². The van der Waals surface area contributed by atoms with E-state index in [1.54, 1.807) is 23.5 Å². The first-order chi connectivity index (χ1) is 17.0. The monoisotopic (exact) mass is 523 g/mol. The Hall–Kier alpha value is -2.79. The molecule has 0 saturated carbocycles. The predicted octanol–water partition coefficient (Wildman–Crippen LogP) is 6.84. The third-order valence-corrected chi connectivity index (χ3v) is 8.67. The summed E-state index contributed by atoms with van der Waals surface area (Å²) in [5.41, 5.74) is 3.30. The Balaban J connectivity index is 1.40. The second-order valence-corrected chi connectivity index (χ2v) is 11.2.